The predicted octanol–water partition coefficient (Wildman–Crippen LogP) is 2.34. The van der Waals surface area contributed by atoms with Crippen LogP contribution >= 0.6 is 0 Å². The Morgan fingerprint density at radius 1 is 1.24 bits per heavy atom. The van der Waals surface area contributed by atoms with E-state index in [2.05, 4.69) is 15.3 Å². The highest BCUT2D eigenvalue weighted by Crippen LogP contribution is 2.14. The molecular formula is C25H29FN6O5. The molecule has 1 aromatic carbocycles. The number of amides is 3. The van der Waals surface area contributed by atoms with Crippen LogP contribution in [-0.2, 0) is 20.9 Å². The second-order valence-electron chi connectivity index (χ2n) is 8.39. The van der Waals surface area contributed by atoms with Crippen LogP contribution in [0.1, 0.15) is 21.4 Å². The summed E-state index contributed by atoms with van der Waals surface area (Å²) in [5.41, 5.74) is 0.145. The molecule has 37 heavy (non-hydrogen) atoms. The molecule has 0 saturated heterocycles. The summed E-state index contributed by atoms with van der Waals surface area (Å²) in [4.78, 5) is 59.8. The van der Waals surface area contributed by atoms with Gasteiger partial charge in [-0.25, -0.2) is 14.2 Å². The first-order valence-electron chi connectivity index (χ1n) is 12.2. The number of allylic oxidation sites excluding steroid dienone is 1. The van der Waals surface area contributed by atoms with Crippen molar-refractivity contribution in [2.45, 2.75) is 25.4 Å². The molecule has 0 fully saturated rings. The van der Waals surface area contributed by atoms with Gasteiger partial charge in [0.25, 0.3) is 11.5 Å². The second-order valence-corrected chi connectivity index (χ2v) is 8.39. The minimum atomic E-state index is -2.43. The Kier molecular flexibility index (Phi) is 7.84. The van der Waals surface area contributed by atoms with Crippen molar-refractivity contribution in [1.82, 2.24) is 24.3 Å². The Balaban J connectivity index is 1.84. The molecule has 0 aliphatic carbocycles. The van der Waals surface area contributed by atoms with Crippen molar-refractivity contribution in [2.75, 3.05) is 33.5 Å². The summed E-state index contributed by atoms with van der Waals surface area (Å²) in [5.74, 6) is -1.54. The van der Waals surface area contributed by atoms with Crippen LogP contribution in [0.3, 0.4) is 0 Å². The molecule has 0 bridgehead atoms. The van der Waals surface area contributed by atoms with E-state index in [-0.39, 0.29) is 12.2 Å². The maximum absolute atomic E-state index is 13.5. The third-order valence-electron chi connectivity index (χ3n) is 5.04. The van der Waals surface area contributed by atoms with E-state index in [9.17, 15) is 23.6 Å². The van der Waals surface area contributed by atoms with Gasteiger partial charge in [0.1, 0.15) is 17.3 Å². The third kappa shape index (κ3) is 7.26. The molecule has 3 rings (SSSR count). The molecule has 0 saturated carbocycles. The number of likely N-dealkylation sites (N-methyl/N-ethyl adjacent to an activating group) is 1. The number of halogens is 1. The van der Waals surface area contributed by atoms with Crippen LogP contribution in [0.4, 0.5) is 14.9 Å². The van der Waals surface area contributed by atoms with Gasteiger partial charge in [0.15, 0.2) is 6.10 Å². The zero-order valence-corrected chi connectivity index (χ0v) is 20.8. The maximum Gasteiger partial charge on any atom is 0.410 e. The summed E-state index contributed by atoms with van der Waals surface area (Å²) in [6, 6.07) is 6.85. The lowest BCUT2D eigenvalue weighted by molar-refractivity contribution is -0.125. The van der Waals surface area contributed by atoms with Gasteiger partial charge in [-0.2, -0.15) is 0 Å². The van der Waals surface area contributed by atoms with Crippen molar-refractivity contribution >= 4 is 34.6 Å². The van der Waals surface area contributed by atoms with Crippen LogP contribution in [0, 0.1) is 5.82 Å². The average Bonchev–Trinajstić information content (AvgIpc) is 3.25. The van der Waals surface area contributed by atoms with Gasteiger partial charge in [-0.1, -0.05) is 6.08 Å². The maximum atomic E-state index is 13.5. The van der Waals surface area contributed by atoms with E-state index >= 15 is 0 Å². The average molecular weight is 515 g/mol. The summed E-state index contributed by atoms with van der Waals surface area (Å²) in [6.07, 6.45) is -1.96. The molecule has 3 aromatic rings. The number of hydrogen-bond acceptors (Lipinski definition) is 6. The highest BCUT2D eigenvalue weighted by molar-refractivity contribution is 5.95. The van der Waals surface area contributed by atoms with E-state index in [1.165, 1.54) is 80.3 Å². The van der Waals surface area contributed by atoms with E-state index < -0.39 is 48.2 Å². The Morgan fingerprint density at radius 3 is 2.70 bits per heavy atom. The van der Waals surface area contributed by atoms with Crippen LogP contribution in [-0.4, -0.2) is 76.5 Å². The monoisotopic (exact) mass is 514 g/mol. The van der Waals surface area contributed by atoms with E-state index in [1.807, 2.05) is 0 Å². The fourth-order valence-corrected chi connectivity index (χ4v) is 3.10. The van der Waals surface area contributed by atoms with Crippen molar-refractivity contribution in [3.8, 4) is 0 Å². The number of carbonyl (C=O) groups is 3. The smallest absolute Gasteiger partial charge is 0.410 e. The summed E-state index contributed by atoms with van der Waals surface area (Å²) in [6.45, 7) is -0.0244. The quantitative estimate of drug-likeness (QED) is 0.422. The molecule has 2 aromatic heterocycles. The third-order valence-corrected chi connectivity index (χ3v) is 5.04. The number of aromatic amines is 1. The zero-order chi connectivity index (χ0) is 28.9. The number of hydrogen-bond donors (Lipinski definition) is 2. The van der Waals surface area contributed by atoms with Crippen LogP contribution in [0.2, 0.25) is 0 Å². The first kappa shape index (κ1) is 24.2. The molecule has 0 unspecified atom stereocenters. The molecule has 0 spiro atoms. The SMILES string of the molecule is [2H]C([2H])(C/C=C/C(=O)N(C)C)[C@H](OC(=O)N(C)C)C(=O)Nc1cccn(Cc2nc3ccc(F)cc3[nH]2)c1=O. The summed E-state index contributed by atoms with van der Waals surface area (Å²) < 4.78 is 36.7. The number of anilines is 1. The number of benzene rings is 1. The molecule has 3 amide bonds. The van der Waals surface area contributed by atoms with Crippen molar-refractivity contribution in [2.24, 2.45) is 0 Å². The number of aromatic nitrogens is 3. The topological polar surface area (TPSA) is 130 Å². The molecule has 2 heterocycles. The zero-order valence-electron chi connectivity index (χ0n) is 22.8. The number of pyridine rings is 1. The molecular weight excluding hydrogens is 483 g/mol. The van der Waals surface area contributed by atoms with E-state index in [0.717, 1.165) is 11.0 Å². The minimum absolute atomic E-state index is 0.0244. The van der Waals surface area contributed by atoms with Gasteiger partial charge in [0.2, 0.25) is 5.91 Å². The van der Waals surface area contributed by atoms with E-state index in [1.54, 1.807) is 0 Å². The van der Waals surface area contributed by atoms with Crippen molar-refractivity contribution < 1.29 is 26.3 Å². The number of nitrogens with one attached hydrogen (secondary N) is 2. The van der Waals surface area contributed by atoms with Gasteiger partial charge < -0.3 is 29.4 Å². The Hall–Kier alpha value is -4.48. The van der Waals surface area contributed by atoms with Gasteiger partial charge >= 0.3 is 6.09 Å². The lowest BCUT2D eigenvalue weighted by Crippen LogP contribution is -2.37. The van der Waals surface area contributed by atoms with Crippen molar-refractivity contribution in [1.29, 1.82) is 0 Å². The van der Waals surface area contributed by atoms with Crippen LogP contribution in [0.25, 0.3) is 11.0 Å². The molecule has 0 aliphatic rings. The minimum Gasteiger partial charge on any atom is -0.436 e. The van der Waals surface area contributed by atoms with Gasteiger partial charge in [-0.05, 0) is 49.2 Å². The predicted molar refractivity (Wildman–Crippen MR) is 136 cm³/mol. The standard InChI is InChI=1S/C25H29FN6O5/c1-30(2)22(33)10-6-5-9-20(37-25(36)31(3)4)23(34)29-18-8-7-13-32(24(18)35)15-21-27-17-12-11-16(26)14-19(17)28-21/h6-8,10-14,20H,5,9,15H2,1-4H3,(H,27,28)(H,29,34)/b10-6+/t20-/m0/s1/i9D2. The van der Waals surface area contributed by atoms with Crippen LogP contribution in [0.15, 0.2) is 53.5 Å². The highest BCUT2D eigenvalue weighted by atomic mass is 19.1. The number of rotatable bonds is 9. The molecule has 12 heteroatoms. The molecule has 0 aliphatic heterocycles. The fourth-order valence-electron chi connectivity index (χ4n) is 3.10. The van der Waals surface area contributed by atoms with Gasteiger partial charge in [-0.3, -0.25) is 14.4 Å². The second kappa shape index (κ2) is 12.0. The van der Waals surface area contributed by atoms with Gasteiger partial charge in [0, 0.05) is 37.1 Å². The molecule has 196 valence electrons. The number of H-pyrrole nitrogens is 1. The molecule has 2 N–H and O–H groups in total. The first-order valence-corrected chi connectivity index (χ1v) is 11.2. The van der Waals surface area contributed by atoms with Crippen molar-refractivity contribution in [3.05, 3.63) is 70.7 Å². The van der Waals surface area contributed by atoms with Crippen molar-refractivity contribution in [3.63, 3.8) is 0 Å². The lowest BCUT2D eigenvalue weighted by atomic mass is 10.1. The van der Waals surface area contributed by atoms with Crippen LogP contribution < -0.4 is 10.9 Å². The van der Waals surface area contributed by atoms with Crippen LogP contribution in [0.5, 0.6) is 0 Å². The number of ether oxygens (including phenoxy) is 1. The number of imidazole rings is 1. The summed E-state index contributed by atoms with van der Waals surface area (Å²) in [7, 11) is 5.78. The Morgan fingerprint density at radius 2 is 2.00 bits per heavy atom. The number of nitrogens with zero attached hydrogens (tertiary/aromatic N) is 4. The molecule has 11 nitrogen and oxygen atoms in total. The molecule has 1 atom stereocenters. The normalized spacial score (nSPS) is 13.1. The number of carbonyl (C=O) groups excluding carboxylic acids is 3. The molecule has 0 radical (unpaired) electrons. The van der Waals surface area contributed by atoms with E-state index in [0.29, 0.717) is 16.9 Å². The lowest BCUT2D eigenvalue weighted by Gasteiger charge is -2.19. The first-order chi connectivity index (χ1) is 18.3. The van der Waals surface area contributed by atoms with E-state index in [4.69, 9.17) is 7.48 Å². The summed E-state index contributed by atoms with van der Waals surface area (Å²) >= 11 is 0. The Labute approximate surface area is 215 Å². The number of fused-ring (bicyclic) bond motifs is 1. The highest BCUT2D eigenvalue weighted by Gasteiger charge is 2.24. The largest absolute Gasteiger partial charge is 0.436 e. The van der Waals surface area contributed by atoms with Gasteiger partial charge in [0.05, 0.1) is 17.6 Å². The van der Waals surface area contributed by atoms with Gasteiger partial charge in [-0.15, -0.1) is 0 Å². The Bertz CT molecular complexity index is 1470. The fraction of sp³-hybridized carbons (Fsp3) is 0.320. The summed E-state index contributed by atoms with van der Waals surface area (Å²) in [5, 5.41) is 2.35.